The zero-order valence-corrected chi connectivity index (χ0v) is 15.9. The highest BCUT2D eigenvalue weighted by molar-refractivity contribution is 7.16. The van der Waals surface area contributed by atoms with Gasteiger partial charge in [-0.05, 0) is 43.5 Å². The van der Waals surface area contributed by atoms with Crippen LogP contribution in [0.1, 0.15) is 29.9 Å². The van der Waals surface area contributed by atoms with Crippen molar-refractivity contribution in [1.82, 2.24) is 4.57 Å². The maximum atomic E-state index is 13.1. The number of halogens is 3. The van der Waals surface area contributed by atoms with Crippen molar-refractivity contribution in [2.24, 2.45) is 0 Å². The summed E-state index contributed by atoms with van der Waals surface area (Å²) in [5.74, 6) is -1.27. The third-order valence-electron chi connectivity index (χ3n) is 3.86. The minimum absolute atomic E-state index is 0.176. The number of carbonyl (C=O) groups excluding carboxylic acids is 2. The van der Waals surface area contributed by atoms with E-state index in [-0.39, 0.29) is 24.0 Å². The van der Waals surface area contributed by atoms with E-state index in [4.69, 9.17) is 4.74 Å². The summed E-state index contributed by atoms with van der Waals surface area (Å²) in [5.41, 5.74) is -1.09. The number of rotatable bonds is 5. The van der Waals surface area contributed by atoms with E-state index in [0.29, 0.717) is 4.83 Å². The van der Waals surface area contributed by atoms with E-state index in [1.54, 1.807) is 31.4 Å². The van der Waals surface area contributed by atoms with Gasteiger partial charge in [-0.3, -0.25) is 4.79 Å². The molecule has 1 N–H and O–H groups in total. The molecule has 0 aliphatic carbocycles. The van der Waals surface area contributed by atoms with Crippen molar-refractivity contribution >= 4 is 39.1 Å². The van der Waals surface area contributed by atoms with Crippen LogP contribution in [0, 0.1) is 0 Å². The third kappa shape index (κ3) is 4.19. The van der Waals surface area contributed by atoms with Crippen LogP contribution >= 0.6 is 11.3 Å². The first-order valence-corrected chi connectivity index (χ1v) is 9.28. The maximum Gasteiger partial charge on any atom is 0.418 e. The number of hydrogen-bond donors (Lipinski definition) is 1. The molecule has 3 aromatic rings. The first-order chi connectivity index (χ1) is 13.2. The first-order valence-electron chi connectivity index (χ1n) is 8.40. The summed E-state index contributed by atoms with van der Waals surface area (Å²) in [4.78, 5) is 25.5. The van der Waals surface area contributed by atoms with Gasteiger partial charge in [-0.2, -0.15) is 13.2 Å². The van der Waals surface area contributed by atoms with E-state index in [1.807, 2.05) is 0 Å². The second-order valence-corrected chi connectivity index (χ2v) is 7.24. The number of ether oxygens (including phenoxy) is 1. The molecule has 0 radical (unpaired) electrons. The number of esters is 1. The van der Waals surface area contributed by atoms with E-state index in [1.165, 1.54) is 34.1 Å². The van der Waals surface area contributed by atoms with Crippen molar-refractivity contribution in [2.75, 3.05) is 5.32 Å². The molecule has 0 fully saturated rings. The van der Waals surface area contributed by atoms with E-state index in [9.17, 15) is 22.8 Å². The fourth-order valence-electron chi connectivity index (χ4n) is 2.75. The molecule has 0 unspecified atom stereocenters. The SMILES string of the molecule is CC(C)OC(=O)c1cc2ccsc2n1CC(=O)Nc1ccccc1C(F)(F)F. The molecule has 5 nitrogen and oxygen atoms in total. The van der Waals surface area contributed by atoms with Gasteiger partial charge in [-0.15, -0.1) is 11.3 Å². The van der Waals surface area contributed by atoms with Gasteiger partial charge in [0.2, 0.25) is 5.91 Å². The van der Waals surface area contributed by atoms with Crippen LogP contribution in [0.3, 0.4) is 0 Å². The summed E-state index contributed by atoms with van der Waals surface area (Å²) in [6.07, 6.45) is -4.94. The number of aromatic nitrogens is 1. The largest absolute Gasteiger partial charge is 0.458 e. The summed E-state index contributed by atoms with van der Waals surface area (Å²) >= 11 is 1.32. The molecule has 28 heavy (non-hydrogen) atoms. The van der Waals surface area contributed by atoms with Crippen molar-refractivity contribution in [2.45, 2.75) is 32.7 Å². The van der Waals surface area contributed by atoms with Crippen molar-refractivity contribution in [1.29, 1.82) is 0 Å². The van der Waals surface area contributed by atoms with Crippen LogP contribution in [0.15, 0.2) is 41.8 Å². The van der Waals surface area contributed by atoms with Gasteiger partial charge in [-0.1, -0.05) is 12.1 Å². The molecular formula is C19H17F3N2O3S. The molecule has 3 rings (SSSR count). The van der Waals surface area contributed by atoms with Gasteiger partial charge in [0.05, 0.1) is 17.4 Å². The molecule has 0 aliphatic heterocycles. The molecule has 9 heteroatoms. The van der Waals surface area contributed by atoms with Crippen LogP contribution in [-0.4, -0.2) is 22.5 Å². The van der Waals surface area contributed by atoms with Crippen LogP contribution in [-0.2, 0) is 22.3 Å². The Hall–Kier alpha value is -2.81. The molecule has 0 aliphatic rings. The Labute approximate surface area is 162 Å². The number of carbonyl (C=O) groups is 2. The number of hydrogen-bond acceptors (Lipinski definition) is 4. The molecule has 1 aromatic carbocycles. The lowest BCUT2D eigenvalue weighted by atomic mass is 10.1. The normalized spacial score (nSPS) is 11.8. The molecule has 0 spiro atoms. The van der Waals surface area contributed by atoms with E-state index >= 15 is 0 Å². The number of nitrogens with one attached hydrogen (secondary N) is 1. The van der Waals surface area contributed by atoms with Gasteiger partial charge in [0.1, 0.15) is 17.1 Å². The second-order valence-electron chi connectivity index (χ2n) is 6.34. The minimum Gasteiger partial charge on any atom is -0.458 e. The fraction of sp³-hybridized carbons (Fsp3) is 0.263. The highest BCUT2D eigenvalue weighted by Crippen LogP contribution is 2.34. The van der Waals surface area contributed by atoms with Crippen molar-refractivity contribution in [3.8, 4) is 0 Å². The van der Waals surface area contributed by atoms with E-state index < -0.39 is 23.6 Å². The third-order valence-corrected chi connectivity index (χ3v) is 4.81. The summed E-state index contributed by atoms with van der Waals surface area (Å²) < 4.78 is 46.0. The van der Waals surface area contributed by atoms with Crippen LogP contribution in [0.5, 0.6) is 0 Å². The first kappa shape index (κ1) is 19.9. The van der Waals surface area contributed by atoms with E-state index in [2.05, 4.69) is 5.32 Å². The zero-order chi connectivity index (χ0) is 20.5. The van der Waals surface area contributed by atoms with Gasteiger partial charge in [0.25, 0.3) is 0 Å². The Balaban J connectivity index is 1.88. The molecule has 2 aromatic heterocycles. The fourth-order valence-corrected chi connectivity index (χ4v) is 3.64. The van der Waals surface area contributed by atoms with Crippen molar-refractivity contribution in [3.63, 3.8) is 0 Å². The van der Waals surface area contributed by atoms with Gasteiger partial charge in [0.15, 0.2) is 0 Å². The smallest absolute Gasteiger partial charge is 0.418 e. The summed E-state index contributed by atoms with van der Waals surface area (Å²) in [7, 11) is 0. The Morgan fingerprint density at radius 1 is 1.21 bits per heavy atom. The van der Waals surface area contributed by atoms with Gasteiger partial charge in [0, 0.05) is 5.39 Å². The summed E-state index contributed by atoms with van der Waals surface area (Å²) in [6.45, 7) is 3.08. The quantitative estimate of drug-likeness (QED) is 0.607. The lowest BCUT2D eigenvalue weighted by Gasteiger charge is -2.15. The number of thiophene rings is 1. The Bertz CT molecular complexity index is 1020. The zero-order valence-electron chi connectivity index (χ0n) is 15.0. The summed E-state index contributed by atoms with van der Waals surface area (Å²) in [6, 6.07) is 8.13. The number of anilines is 1. The van der Waals surface area contributed by atoms with Crippen LogP contribution in [0.2, 0.25) is 0 Å². The molecule has 0 saturated carbocycles. The van der Waals surface area contributed by atoms with Crippen LogP contribution in [0.25, 0.3) is 10.2 Å². The summed E-state index contributed by atoms with van der Waals surface area (Å²) in [5, 5.41) is 4.85. The standard InChI is InChI=1S/C19H17F3N2O3S/c1-11(2)27-18(26)15-9-12-7-8-28-17(12)24(15)10-16(25)23-14-6-4-3-5-13(14)19(20,21)22/h3-9,11H,10H2,1-2H3,(H,23,25). The number of fused-ring (bicyclic) bond motifs is 1. The molecule has 0 bridgehead atoms. The van der Waals surface area contributed by atoms with Crippen molar-refractivity contribution < 1.29 is 27.5 Å². The lowest BCUT2D eigenvalue weighted by molar-refractivity contribution is -0.137. The average Bonchev–Trinajstić information content (AvgIpc) is 3.16. The topological polar surface area (TPSA) is 60.3 Å². The van der Waals surface area contributed by atoms with Crippen molar-refractivity contribution in [3.05, 3.63) is 53.0 Å². The molecular weight excluding hydrogens is 393 g/mol. The van der Waals surface area contributed by atoms with Gasteiger partial charge >= 0.3 is 12.1 Å². The Kier molecular flexibility index (Phi) is 5.46. The molecule has 2 heterocycles. The number of para-hydroxylation sites is 1. The molecule has 0 saturated heterocycles. The maximum absolute atomic E-state index is 13.1. The predicted molar refractivity (Wildman–Crippen MR) is 100 cm³/mol. The van der Waals surface area contributed by atoms with Gasteiger partial charge < -0.3 is 14.6 Å². The molecule has 1 amide bonds. The molecule has 0 atom stereocenters. The minimum atomic E-state index is -4.59. The van der Waals surface area contributed by atoms with E-state index in [0.717, 1.165) is 11.5 Å². The molecule has 148 valence electrons. The number of amides is 1. The average molecular weight is 410 g/mol. The monoisotopic (exact) mass is 410 g/mol. The number of nitrogens with zero attached hydrogens (tertiary/aromatic N) is 1. The highest BCUT2D eigenvalue weighted by atomic mass is 32.1. The Morgan fingerprint density at radius 2 is 1.93 bits per heavy atom. The highest BCUT2D eigenvalue weighted by Gasteiger charge is 2.33. The van der Waals surface area contributed by atoms with Crippen LogP contribution < -0.4 is 5.32 Å². The number of alkyl halides is 3. The Morgan fingerprint density at radius 3 is 2.61 bits per heavy atom. The number of benzene rings is 1. The van der Waals surface area contributed by atoms with Gasteiger partial charge in [-0.25, -0.2) is 4.79 Å². The second kappa shape index (κ2) is 7.67. The lowest BCUT2D eigenvalue weighted by Crippen LogP contribution is -2.24. The van der Waals surface area contributed by atoms with Crippen LogP contribution in [0.4, 0.5) is 18.9 Å². The predicted octanol–water partition coefficient (Wildman–Crippen LogP) is 4.93.